The lowest BCUT2D eigenvalue weighted by Gasteiger charge is -2.36. The molecule has 10 rings (SSSR count). The molecule has 0 aliphatic heterocycles. The van der Waals surface area contributed by atoms with Gasteiger partial charge in [0.25, 0.3) is 0 Å². The molecule has 2 aliphatic carbocycles. The van der Waals surface area contributed by atoms with Crippen molar-refractivity contribution in [2.24, 2.45) is 0 Å². The van der Waals surface area contributed by atoms with Crippen molar-refractivity contribution in [3.05, 3.63) is 150 Å². The molecule has 51 heavy (non-hydrogen) atoms. The standard InChI is InChI=1S/C46H32N4O/c47-28-29-16-22-37-39(26-29)46(24-7-2-8-25-46)38-14-9-13-34(42(37)38)30-17-19-32(20-18-30)44-48-43(31-10-3-1-4-11-31)49-45(50-44)33-21-23-36-35-12-5-6-15-40(35)51-41(36)27-33/h1,3-6,9-23,26-27H,2,7-8,24-25H2. The summed E-state index contributed by atoms with van der Waals surface area (Å²) in [4.78, 5) is 15.0. The van der Waals surface area contributed by atoms with Crippen molar-refractivity contribution >= 4 is 21.9 Å². The van der Waals surface area contributed by atoms with Crippen LogP contribution in [-0.4, -0.2) is 15.0 Å². The number of hydrogen-bond acceptors (Lipinski definition) is 5. The monoisotopic (exact) mass is 656 g/mol. The van der Waals surface area contributed by atoms with Crippen molar-refractivity contribution in [1.29, 1.82) is 5.26 Å². The first kappa shape index (κ1) is 29.5. The molecule has 2 aromatic heterocycles. The second-order valence-corrected chi connectivity index (χ2v) is 13.8. The average Bonchev–Trinajstić information content (AvgIpc) is 3.71. The van der Waals surface area contributed by atoms with E-state index >= 15 is 0 Å². The minimum absolute atomic E-state index is 0.0216. The fourth-order valence-electron chi connectivity index (χ4n) is 8.56. The highest BCUT2D eigenvalue weighted by Crippen LogP contribution is 2.58. The summed E-state index contributed by atoms with van der Waals surface area (Å²) in [6, 6.07) is 48.4. The molecule has 2 aliphatic rings. The van der Waals surface area contributed by atoms with Gasteiger partial charge in [-0.15, -0.1) is 0 Å². The maximum absolute atomic E-state index is 9.79. The van der Waals surface area contributed by atoms with Gasteiger partial charge in [0.1, 0.15) is 11.2 Å². The number of fused-ring (bicyclic) bond motifs is 8. The van der Waals surface area contributed by atoms with Gasteiger partial charge in [-0.1, -0.05) is 122 Å². The third-order valence-corrected chi connectivity index (χ3v) is 11.0. The van der Waals surface area contributed by atoms with E-state index in [4.69, 9.17) is 19.4 Å². The maximum atomic E-state index is 9.79. The van der Waals surface area contributed by atoms with Gasteiger partial charge in [0, 0.05) is 32.9 Å². The van der Waals surface area contributed by atoms with Crippen molar-refractivity contribution < 1.29 is 4.42 Å². The summed E-state index contributed by atoms with van der Waals surface area (Å²) >= 11 is 0. The molecule has 0 amide bonds. The molecule has 0 saturated heterocycles. The Hall–Kier alpha value is -6.38. The van der Waals surface area contributed by atoms with Crippen molar-refractivity contribution in [1.82, 2.24) is 15.0 Å². The molecular weight excluding hydrogens is 625 g/mol. The Kier molecular flexibility index (Phi) is 6.72. The average molecular weight is 657 g/mol. The minimum Gasteiger partial charge on any atom is -0.456 e. The van der Waals surface area contributed by atoms with Gasteiger partial charge in [0.05, 0.1) is 11.6 Å². The summed E-state index contributed by atoms with van der Waals surface area (Å²) in [5, 5.41) is 11.9. The first-order valence-electron chi connectivity index (χ1n) is 17.7. The van der Waals surface area contributed by atoms with Gasteiger partial charge in [0.15, 0.2) is 17.5 Å². The lowest BCUT2D eigenvalue weighted by molar-refractivity contribution is 0.353. The van der Waals surface area contributed by atoms with Gasteiger partial charge in [-0.3, -0.25) is 0 Å². The molecule has 5 heteroatoms. The molecular formula is C46H32N4O. The Bertz CT molecular complexity index is 2680. The fourth-order valence-corrected chi connectivity index (χ4v) is 8.56. The lowest BCUT2D eigenvalue weighted by atomic mass is 9.67. The van der Waals surface area contributed by atoms with E-state index in [-0.39, 0.29) is 5.41 Å². The van der Waals surface area contributed by atoms with Crippen LogP contribution in [-0.2, 0) is 5.41 Å². The zero-order chi connectivity index (χ0) is 33.9. The third-order valence-electron chi connectivity index (χ3n) is 11.0. The number of furan rings is 1. The van der Waals surface area contributed by atoms with Gasteiger partial charge >= 0.3 is 0 Å². The molecule has 242 valence electrons. The normalized spacial score (nSPS) is 14.4. The summed E-state index contributed by atoms with van der Waals surface area (Å²) < 4.78 is 6.22. The second kappa shape index (κ2) is 11.6. The van der Waals surface area contributed by atoms with Crippen LogP contribution in [0.4, 0.5) is 0 Å². The zero-order valence-corrected chi connectivity index (χ0v) is 27.9. The molecule has 0 N–H and O–H groups in total. The van der Waals surface area contributed by atoms with Crippen LogP contribution >= 0.6 is 0 Å². The molecule has 2 heterocycles. The first-order valence-corrected chi connectivity index (χ1v) is 17.7. The van der Waals surface area contributed by atoms with E-state index in [0.717, 1.165) is 62.6 Å². The summed E-state index contributed by atoms with van der Waals surface area (Å²) in [5.41, 5.74) is 12.8. The molecule has 5 nitrogen and oxygen atoms in total. The molecule has 0 bridgehead atoms. The number of nitrogens with zero attached hydrogens (tertiary/aromatic N) is 4. The summed E-state index contributed by atoms with van der Waals surface area (Å²) in [5.74, 6) is 1.83. The second-order valence-electron chi connectivity index (χ2n) is 13.8. The van der Waals surface area contributed by atoms with Crippen molar-refractivity contribution in [2.75, 3.05) is 0 Å². The van der Waals surface area contributed by atoms with Crippen LogP contribution < -0.4 is 0 Å². The van der Waals surface area contributed by atoms with Crippen LogP contribution in [0.15, 0.2) is 138 Å². The molecule has 8 aromatic rings. The van der Waals surface area contributed by atoms with E-state index in [1.807, 2.05) is 60.7 Å². The Labute approximate surface area is 295 Å². The molecule has 1 saturated carbocycles. The maximum Gasteiger partial charge on any atom is 0.164 e. The Balaban J connectivity index is 1.08. The van der Waals surface area contributed by atoms with E-state index < -0.39 is 0 Å². The molecule has 6 aromatic carbocycles. The molecule has 1 spiro atoms. The highest BCUT2D eigenvalue weighted by molar-refractivity contribution is 6.05. The van der Waals surface area contributed by atoms with Gasteiger partial charge in [-0.25, -0.2) is 15.0 Å². The van der Waals surface area contributed by atoms with Gasteiger partial charge in [-0.05, 0) is 76.6 Å². The minimum atomic E-state index is -0.0216. The van der Waals surface area contributed by atoms with E-state index in [0.29, 0.717) is 17.5 Å². The molecule has 0 atom stereocenters. The molecule has 0 unspecified atom stereocenters. The van der Waals surface area contributed by atoms with Gasteiger partial charge in [0.2, 0.25) is 0 Å². The summed E-state index contributed by atoms with van der Waals surface area (Å²) in [7, 11) is 0. The van der Waals surface area contributed by atoms with E-state index in [1.54, 1.807) is 0 Å². The highest BCUT2D eigenvalue weighted by Gasteiger charge is 2.44. The van der Waals surface area contributed by atoms with Crippen LogP contribution in [0.3, 0.4) is 0 Å². The number of aromatic nitrogens is 3. The summed E-state index contributed by atoms with van der Waals surface area (Å²) in [6.45, 7) is 0. The van der Waals surface area contributed by atoms with Gasteiger partial charge < -0.3 is 4.42 Å². The van der Waals surface area contributed by atoms with Crippen LogP contribution in [0, 0.1) is 11.3 Å². The SMILES string of the molecule is N#Cc1ccc2c(c1)C1(CCCCC1)c1cccc(-c3ccc(-c4nc(-c5ccccc5)nc(-c5ccc6c(c5)oc5ccccc56)n4)cc3)c1-2. The Morgan fingerprint density at radius 2 is 1.18 bits per heavy atom. The van der Waals surface area contributed by atoms with Crippen molar-refractivity contribution in [3.63, 3.8) is 0 Å². The van der Waals surface area contributed by atoms with E-state index in [9.17, 15) is 5.26 Å². The quantitative estimate of drug-likeness (QED) is 0.188. The predicted octanol–water partition coefficient (Wildman–Crippen LogP) is 11.5. The third kappa shape index (κ3) is 4.71. The van der Waals surface area contributed by atoms with Crippen LogP contribution in [0.2, 0.25) is 0 Å². The zero-order valence-electron chi connectivity index (χ0n) is 27.9. The highest BCUT2D eigenvalue weighted by atomic mass is 16.3. The lowest BCUT2D eigenvalue weighted by Crippen LogP contribution is -2.28. The smallest absolute Gasteiger partial charge is 0.164 e. The topological polar surface area (TPSA) is 75.6 Å². The van der Waals surface area contributed by atoms with Crippen LogP contribution in [0.1, 0.15) is 48.8 Å². The number of benzene rings is 6. The van der Waals surface area contributed by atoms with E-state index in [2.05, 4.69) is 78.9 Å². The van der Waals surface area contributed by atoms with Crippen molar-refractivity contribution in [3.8, 4) is 62.5 Å². The number of rotatable bonds is 4. The molecule has 1 fully saturated rings. The number of hydrogen-bond donors (Lipinski definition) is 0. The van der Waals surface area contributed by atoms with E-state index in [1.165, 1.54) is 47.1 Å². The fraction of sp³-hybridized carbons (Fsp3) is 0.130. The van der Waals surface area contributed by atoms with Gasteiger partial charge in [-0.2, -0.15) is 5.26 Å². The Morgan fingerprint density at radius 1 is 0.510 bits per heavy atom. The number of para-hydroxylation sites is 1. The predicted molar refractivity (Wildman–Crippen MR) is 203 cm³/mol. The first-order chi connectivity index (χ1) is 25.2. The van der Waals surface area contributed by atoms with Crippen LogP contribution in [0.25, 0.3) is 78.4 Å². The van der Waals surface area contributed by atoms with Crippen LogP contribution in [0.5, 0.6) is 0 Å². The molecule has 0 radical (unpaired) electrons. The van der Waals surface area contributed by atoms with Crippen molar-refractivity contribution in [2.45, 2.75) is 37.5 Å². The summed E-state index contributed by atoms with van der Waals surface area (Å²) in [6.07, 6.45) is 5.93. The number of nitriles is 1. The Morgan fingerprint density at radius 3 is 1.96 bits per heavy atom. The largest absolute Gasteiger partial charge is 0.456 e.